The van der Waals surface area contributed by atoms with Crippen LogP contribution in [-0.2, 0) is 26.2 Å². The second-order valence-corrected chi connectivity index (χ2v) is 3.08. The van der Waals surface area contributed by atoms with E-state index in [9.17, 15) is 0 Å². The molecule has 0 atom stereocenters. The first-order valence-corrected chi connectivity index (χ1v) is 5.70. The second kappa shape index (κ2) is 13.7. The van der Waals surface area contributed by atoms with E-state index in [0.717, 1.165) is 0 Å². The number of rotatable bonds is 0. The molecule has 1 radical (unpaired) electrons. The van der Waals surface area contributed by atoms with Gasteiger partial charge in [-0.1, -0.05) is 13.8 Å². The first kappa shape index (κ1) is 29.3. The number of hydrogen-bond donors (Lipinski definition) is 6. The van der Waals surface area contributed by atoms with Crippen molar-refractivity contribution in [1.82, 2.24) is 0 Å². The van der Waals surface area contributed by atoms with Crippen molar-refractivity contribution in [2.45, 2.75) is 13.8 Å². The van der Waals surface area contributed by atoms with Gasteiger partial charge in [-0.05, 0) is 0 Å². The van der Waals surface area contributed by atoms with Gasteiger partial charge >= 0.3 is 15.6 Å². The van der Waals surface area contributed by atoms with Gasteiger partial charge in [0, 0.05) is 17.1 Å². The van der Waals surface area contributed by atoms with Crippen molar-refractivity contribution in [1.29, 1.82) is 0 Å². The van der Waals surface area contributed by atoms with E-state index < -0.39 is 15.6 Å². The summed E-state index contributed by atoms with van der Waals surface area (Å²) in [6.07, 6.45) is 0. The third kappa shape index (κ3) is 3550. The molecule has 0 unspecified atom stereocenters. The first-order valence-electron chi connectivity index (χ1n) is 2.57. The third-order valence-corrected chi connectivity index (χ3v) is 0. The molecular formula is C2H14CuO9P2. The van der Waals surface area contributed by atoms with Gasteiger partial charge in [0.25, 0.3) is 0 Å². The number of phosphoric acid groups is 2. The molecule has 0 rings (SSSR count). The Morgan fingerprint density at radius 2 is 0.714 bits per heavy atom. The molecule has 9 nitrogen and oxygen atoms in total. The molecule has 0 heterocycles. The van der Waals surface area contributed by atoms with Crippen LogP contribution in [0.25, 0.3) is 0 Å². The van der Waals surface area contributed by atoms with E-state index in [1.165, 1.54) is 0 Å². The minimum atomic E-state index is -4.64. The molecule has 0 aromatic rings. The van der Waals surface area contributed by atoms with Crippen molar-refractivity contribution in [3.8, 4) is 0 Å². The Morgan fingerprint density at radius 1 is 0.714 bits per heavy atom. The maximum absolute atomic E-state index is 8.88. The van der Waals surface area contributed by atoms with Gasteiger partial charge in [0.05, 0.1) is 0 Å². The van der Waals surface area contributed by atoms with E-state index in [0.29, 0.717) is 0 Å². The topological polar surface area (TPSA) is 187 Å². The summed E-state index contributed by atoms with van der Waals surface area (Å²) in [6.45, 7) is 4.00. The summed E-state index contributed by atoms with van der Waals surface area (Å²) in [6, 6.07) is 0. The van der Waals surface area contributed by atoms with Crippen LogP contribution in [0.4, 0.5) is 0 Å². The smallest absolute Gasteiger partial charge is 0.412 e. The molecule has 0 aliphatic carbocycles. The minimum Gasteiger partial charge on any atom is -0.412 e. The largest absolute Gasteiger partial charge is 0.466 e. The molecule has 0 fully saturated rings. The van der Waals surface area contributed by atoms with Crippen molar-refractivity contribution in [2.75, 3.05) is 0 Å². The van der Waals surface area contributed by atoms with Crippen LogP contribution in [0.2, 0.25) is 0 Å². The van der Waals surface area contributed by atoms with E-state index in [1.54, 1.807) is 0 Å². The molecule has 0 spiro atoms. The van der Waals surface area contributed by atoms with E-state index in [2.05, 4.69) is 0 Å². The maximum atomic E-state index is 8.88. The summed E-state index contributed by atoms with van der Waals surface area (Å²) < 4.78 is 17.8. The van der Waals surface area contributed by atoms with Crippen LogP contribution in [0.15, 0.2) is 0 Å². The Bertz CT molecular complexity index is 133. The van der Waals surface area contributed by atoms with Crippen molar-refractivity contribution in [3.63, 3.8) is 0 Å². The van der Waals surface area contributed by atoms with Crippen LogP contribution in [0, 0.1) is 0 Å². The van der Waals surface area contributed by atoms with Crippen molar-refractivity contribution in [2.24, 2.45) is 0 Å². The summed E-state index contributed by atoms with van der Waals surface area (Å²) >= 11 is 0. The predicted molar refractivity (Wildman–Crippen MR) is 43.5 cm³/mol. The van der Waals surface area contributed by atoms with Crippen molar-refractivity contribution < 1.29 is 61.0 Å². The van der Waals surface area contributed by atoms with Gasteiger partial charge in [0.2, 0.25) is 0 Å². The van der Waals surface area contributed by atoms with Gasteiger partial charge in [-0.3, -0.25) is 0 Å². The van der Waals surface area contributed by atoms with Gasteiger partial charge in [0.15, 0.2) is 0 Å². The second-order valence-electron chi connectivity index (χ2n) is 1.03. The van der Waals surface area contributed by atoms with Crippen LogP contribution >= 0.6 is 15.6 Å². The average Bonchev–Trinajstić information content (AvgIpc) is 1.59. The summed E-state index contributed by atoms with van der Waals surface area (Å²) in [5, 5.41) is 0. The van der Waals surface area contributed by atoms with E-state index in [-0.39, 0.29) is 22.5 Å². The zero-order chi connectivity index (χ0) is 11.0. The van der Waals surface area contributed by atoms with Crippen molar-refractivity contribution in [3.05, 3.63) is 0 Å². The maximum Gasteiger partial charge on any atom is 0.466 e. The standard InChI is InChI=1S/C2H6.Cu.2H3O4P.H2O/c1-2;;2*1-5(2,3)4;/h1-2H3;;2*(H3,1,2,3,4);1H2. The first-order chi connectivity index (χ1) is 5.00. The zero-order valence-electron chi connectivity index (χ0n) is 7.20. The molecular weight excluding hydrogens is 294 g/mol. The van der Waals surface area contributed by atoms with Crippen LogP contribution in [-0.4, -0.2) is 34.8 Å². The van der Waals surface area contributed by atoms with Gasteiger partial charge in [-0.15, -0.1) is 0 Å². The molecule has 0 saturated heterocycles. The summed E-state index contributed by atoms with van der Waals surface area (Å²) in [5.74, 6) is 0. The fraction of sp³-hybridized carbons (Fsp3) is 1.00. The minimum absolute atomic E-state index is 0. The summed E-state index contributed by atoms with van der Waals surface area (Å²) in [5.41, 5.74) is 0. The van der Waals surface area contributed by atoms with Crippen LogP contribution < -0.4 is 0 Å². The molecule has 0 saturated carbocycles. The SMILES string of the molecule is CC.O.O=P(O)(O)O.O=P(O)(O)O.[Cu]. The van der Waals surface area contributed by atoms with Gasteiger partial charge in [0.1, 0.15) is 0 Å². The van der Waals surface area contributed by atoms with Gasteiger partial charge in [-0.2, -0.15) is 0 Å². The Balaban J connectivity index is -0.0000000292. The monoisotopic (exact) mass is 307 g/mol. The normalized spacial score (nSPS) is 8.86. The Kier molecular flexibility index (Phi) is 28.7. The predicted octanol–water partition coefficient (Wildman–Crippen LogP) is -1.66. The van der Waals surface area contributed by atoms with E-state index >= 15 is 0 Å². The van der Waals surface area contributed by atoms with Gasteiger partial charge < -0.3 is 34.8 Å². The van der Waals surface area contributed by atoms with E-state index in [1.807, 2.05) is 13.8 Å². The fourth-order valence-electron chi connectivity index (χ4n) is 0. The van der Waals surface area contributed by atoms with E-state index in [4.69, 9.17) is 38.5 Å². The van der Waals surface area contributed by atoms with Crippen LogP contribution in [0.1, 0.15) is 13.8 Å². The molecule has 0 aliphatic rings. The van der Waals surface area contributed by atoms with Crippen LogP contribution in [0.5, 0.6) is 0 Å². The molecule has 0 bridgehead atoms. The summed E-state index contributed by atoms with van der Waals surface area (Å²) in [4.78, 5) is 43.1. The van der Waals surface area contributed by atoms with Crippen molar-refractivity contribution >= 4 is 15.6 Å². The molecule has 8 N–H and O–H groups in total. The summed E-state index contributed by atoms with van der Waals surface area (Å²) in [7, 11) is -9.28. The molecule has 0 aromatic heterocycles. The zero-order valence-corrected chi connectivity index (χ0v) is 9.93. The molecule has 0 aliphatic heterocycles. The van der Waals surface area contributed by atoms with Crippen LogP contribution in [0.3, 0.4) is 0 Å². The Hall–Kier alpha value is 0.699. The average molecular weight is 308 g/mol. The number of hydrogen-bond acceptors (Lipinski definition) is 2. The molecule has 14 heavy (non-hydrogen) atoms. The molecule has 0 aromatic carbocycles. The Morgan fingerprint density at radius 3 is 0.714 bits per heavy atom. The molecule has 12 heteroatoms. The molecule has 97 valence electrons. The quantitative estimate of drug-likeness (QED) is 0.226. The third-order valence-electron chi connectivity index (χ3n) is 0. The van der Waals surface area contributed by atoms with Gasteiger partial charge in [-0.25, -0.2) is 9.13 Å². The molecule has 0 amide bonds. The Labute approximate surface area is 91.1 Å². The fourth-order valence-corrected chi connectivity index (χ4v) is 0.